The van der Waals surface area contributed by atoms with Crippen molar-refractivity contribution in [1.82, 2.24) is 10.2 Å². The molecule has 0 saturated carbocycles. The lowest BCUT2D eigenvalue weighted by Crippen LogP contribution is -2.47. The van der Waals surface area contributed by atoms with Crippen LogP contribution in [0.3, 0.4) is 0 Å². The third kappa shape index (κ3) is 4.02. The first-order chi connectivity index (χ1) is 10.9. The summed E-state index contributed by atoms with van der Waals surface area (Å²) in [5, 5.41) is 13.5. The lowest BCUT2D eigenvalue weighted by Gasteiger charge is -2.32. The number of hydrogen-bond donors (Lipinski definition) is 1. The molecule has 0 bridgehead atoms. The highest BCUT2D eigenvalue weighted by Gasteiger charge is 2.25. The van der Waals surface area contributed by atoms with Gasteiger partial charge in [-0.15, -0.1) is 0 Å². The Labute approximate surface area is 132 Å². The lowest BCUT2D eigenvalue weighted by molar-refractivity contribution is -0.385. The van der Waals surface area contributed by atoms with E-state index in [0.717, 1.165) is 31.0 Å². The van der Waals surface area contributed by atoms with Crippen LogP contribution in [0.5, 0.6) is 0 Å². The van der Waals surface area contributed by atoms with Crippen LogP contribution in [0.15, 0.2) is 18.2 Å². The number of rotatable bonds is 5. The highest BCUT2D eigenvalue weighted by atomic mass is 19.1. The molecule has 1 atom stereocenters. The molecule has 8 heteroatoms. The Morgan fingerprint density at radius 3 is 2.87 bits per heavy atom. The van der Waals surface area contributed by atoms with Crippen LogP contribution in [0, 0.1) is 15.9 Å². The average Bonchev–Trinajstić information content (AvgIpc) is 2.52. The van der Waals surface area contributed by atoms with E-state index in [4.69, 9.17) is 0 Å². The predicted octanol–water partition coefficient (Wildman–Crippen LogP) is 1.86. The highest BCUT2D eigenvalue weighted by Crippen LogP contribution is 2.19. The second kappa shape index (κ2) is 7.17. The normalized spacial score (nSPS) is 16.1. The van der Waals surface area contributed by atoms with Gasteiger partial charge < -0.3 is 10.2 Å². The van der Waals surface area contributed by atoms with Crippen LogP contribution >= 0.6 is 0 Å². The molecule has 2 rings (SSSR count). The number of carbonyl (C=O) groups excluding carboxylic acids is 2. The molecule has 1 aliphatic heterocycles. The summed E-state index contributed by atoms with van der Waals surface area (Å²) in [5.41, 5.74) is -0.780. The first-order valence-electron chi connectivity index (χ1n) is 7.41. The van der Waals surface area contributed by atoms with Crippen molar-refractivity contribution in [2.45, 2.75) is 32.2 Å². The Bertz CT molecular complexity index is 635. The smallest absolute Gasteiger partial charge is 0.282 e. The number of piperidine rings is 1. The summed E-state index contributed by atoms with van der Waals surface area (Å²) in [6.07, 6.45) is 2.27. The molecule has 0 aliphatic carbocycles. The van der Waals surface area contributed by atoms with Gasteiger partial charge in [-0.3, -0.25) is 19.7 Å². The Balaban J connectivity index is 2.03. The van der Waals surface area contributed by atoms with Gasteiger partial charge in [-0.25, -0.2) is 4.39 Å². The van der Waals surface area contributed by atoms with Crippen LogP contribution in [0.4, 0.5) is 10.1 Å². The van der Waals surface area contributed by atoms with E-state index in [1.165, 1.54) is 0 Å². The Hall–Kier alpha value is -2.51. The number of nitro benzene ring substituents is 1. The average molecular weight is 323 g/mol. The van der Waals surface area contributed by atoms with Crippen molar-refractivity contribution in [2.75, 3.05) is 13.1 Å². The van der Waals surface area contributed by atoms with Gasteiger partial charge in [-0.2, -0.15) is 0 Å². The van der Waals surface area contributed by atoms with Crippen molar-refractivity contribution in [1.29, 1.82) is 0 Å². The molecule has 2 amide bonds. The quantitative estimate of drug-likeness (QED) is 0.661. The molecule has 1 aliphatic rings. The minimum absolute atomic E-state index is 0.0368. The van der Waals surface area contributed by atoms with Crippen LogP contribution in [0.1, 0.15) is 36.5 Å². The second-order valence-corrected chi connectivity index (χ2v) is 5.52. The van der Waals surface area contributed by atoms with Crippen molar-refractivity contribution >= 4 is 17.5 Å². The minimum Gasteiger partial charge on any atom is -0.350 e. The number of nitrogens with zero attached hydrogens (tertiary/aromatic N) is 2. The number of benzene rings is 1. The molecule has 0 unspecified atom stereocenters. The molecule has 7 nitrogen and oxygen atoms in total. The monoisotopic (exact) mass is 323 g/mol. The molecule has 0 aromatic heterocycles. The van der Waals surface area contributed by atoms with E-state index in [1.807, 2.05) is 0 Å². The molecule has 1 aromatic carbocycles. The fourth-order valence-electron chi connectivity index (χ4n) is 2.59. The summed E-state index contributed by atoms with van der Waals surface area (Å²) < 4.78 is 13.3. The van der Waals surface area contributed by atoms with E-state index in [2.05, 4.69) is 5.32 Å². The zero-order valence-corrected chi connectivity index (χ0v) is 12.8. The number of carbonyl (C=O) groups is 2. The van der Waals surface area contributed by atoms with Gasteiger partial charge in [0.1, 0.15) is 11.4 Å². The molecular formula is C15H18FN3O4. The van der Waals surface area contributed by atoms with Gasteiger partial charge >= 0.3 is 0 Å². The van der Waals surface area contributed by atoms with Crippen LogP contribution in [-0.2, 0) is 4.79 Å². The van der Waals surface area contributed by atoms with Gasteiger partial charge in [0.05, 0.1) is 4.92 Å². The third-order valence-electron chi connectivity index (χ3n) is 3.85. The maximum absolute atomic E-state index is 13.3. The zero-order chi connectivity index (χ0) is 17.0. The van der Waals surface area contributed by atoms with Gasteiger partial charge in [-0.05, 0) is 31.9 Å². The molecule has 124 valence electrons. The largest absolute Gasteiger partial charge is 0.350 e. The van der Waals surface area contributed by atoms with Crippen molar-refractivity contribution in [2.24, 2.45) is 0 Å². The van der Waals surface area contributed by atoms with Gasteiger partial charge in [0, 0.05) is 31.6 Å². The van der Waals surface area contributed by atoms with Gasteiger partial charge in [0.25, 0.3) is 11.6 Å². The fourth-order valence-corrected chi connectivity index (χ4v) is 2.59. The molecule has 0 spiro atoms. The summed E-state index contributed by atoms with van der Waals surface area (Å²) in [4.78, 5) is 35.8. The van der Waals surface area contributed by atoms with Gasteiger partial charge in [0.2, 0.25) is 5.91 Å². The molecule has 1 N–H and O–H groups in total. The van der Waals surface area contributed by atoms with Crippen LogP contribution in [-0.4, -0.2) is 40.8 Å². The van der Waals surface area contributed by atoms with Crippen molar-refractivity contribution in [3.05, 3.63) is 39.7 Å². The maximum atomic E-state index is 13.3. The number of likely N-dealkylation sites (tertiary alicyclic amines) is 1. The SMILES string of the molecule is C[C@@H](CNC(=O)c1cc(F)ccc1[N+](=O)[O-])N1CCCCC1=O. The van der Waals surface area contributed by atoms with Crippen molar-refractivity contribution < 1.29 is 18.9 Å². The first-order valence-corrected chi connectivity index (χ1v) is 7.41. The van der Waals surface area contributed by atoms with E-state index in [0.29, 0.717) is 13.0 Å². The van der Waals surface area contributed by atoms with E-state index in [9.17, 15) is 24.1 Å². The van der Waals surface area contributed by atoms with Gasteiger partial charge in [0.15, 0.2) is 0 Å². The Kier molecular flexibility index (Phi) is 5.25. The van der Waals surface area contributed by atoms with Crippen LogP contribution < -0.4 is 5.32 Å². The minimum atomic E-state index is -0.730. The zero-order valence-electron chi connectivity index (χ0n) is 12.8. The molecule has 23 heavy (non-hydrogen) atoms. The summed E-state index contributed by atoms with van der Waals surface area (Å²) in [7, 11) is 0. The number of amides is 2. The lowest BCUT2D eigenvalue weighted by atomic mass is 10.1. The van der Waals surface area contributed by atoms with Crippen molar-refractivity contribution in [3.63, 3.8) is 0 Å². The summed E-state index contributed by atoms with van der Waals surface area (Å²) in [6.45, 7) is 2.58. The van der Waals surface area contributed by atoms with Gasteiger partial charge in [-0.1, -0.05) is 0 Å². The fraction of sp³-hybridized carbons (Fsp3) is 0.467. The topological polar surface area (TPSA) is 92.5 Å². The van der Waals surface area contributed by atoms with E-state index >= 15 is 0 Å². The van der Waals surface area contributed by atoms with Crippen molar-refractivity contribution in [3.8, 4) is 0 Å². The summed E-state index contributed by atoms with van der Waals surface area (Å²) in [5.74, 6) is -1.41. The maximum Gasteiger partial charge on any atom is 0.282 e. The number of hydrogen-bond acceptors (Lipinski definition) is 4. The Morgan fingerprint density at radius 2 is 2.22 bits per heavy atom. The van der Waals surface area contributed by atoms with Crippen LogP contribution in [0.25, 0.3) is 0 Å². The number of nitro groups is 1. The van der Waals surface area contributed by atoms with E-state index in [1.54, 1.807) is 11.8 Å². The second-order valence-electron chi connectivity index (χ2n) is 5.52. The van der Waals surface area contributed by atoms with E-state index in [-0.39, 0.29) is 24.1 Å². The van der Waals surface area contributed by atoms with Crippen LogP contribution in [0.2, 0.25) is 0 Å². The first kappa shape index (κ1) is 16.9. The van der Waals surface area contributed by atoms with E-state index < -0.39 is 22.3 Å². The predicted molar refractivity (Wildman–Crippen MR) is 80.4 cm³/mol. The molecule has 1 heterocycles. The summed E-state index contributed by atoms with van der Waals surface area (Å²) >= 11 is 0. The molecule has 1 fully saturated rings. The molecular weight excluding hydrogens is 305 g/mol. The highest BCUT2D eigenvalue weighted by molar-refractivity contribution is 5.98. The molecule has 0 radical (unpaired) electrons. The molecule has 1 aromatic rings. The number of nitrogens with one attached hydrogen (secondary N) is 1. The Morgan fingerprint density at radius 1 is 1.48 bits per heavy atom. The molecule has 1 saturated heterocycles. The number of halogens is 1. The summed E-state index contributed by atoms with van der Waals surface area (Å²) in [6, 6.07) is 2.51. The standard InChI is InChI=1S/C15H18FN3O4/c1-10(18-7-3-2-4-14(18)20)9-17-15(21)12-8-11(16)5-6-13(12)19(22)23/h5-6,8,10H,2-4,7,9H2,1H3,(H,17,21)/t10-/m0/s1. The third-order valence-corrected chi connectivity index (χ3v) is 3.85.